The zero-order chi connectivity index (χ0) is 15.2. The Balaban J connectivity index is 1.43. The van der Waals surface area contributed by atoms with Crippen LogP contribution in [0.2, 0.25) is 0 Å². The second-order valence-electron chi connectivity index (χ2n) is 5.85. The number of nitrogens with one attached hydrogen (secondary N) is 1. The first-order valence-corrected chi connectivity index (χ1v) is 8.15. The van der Waals surface area contributed by atoms with E-state index in [1.807, 2.05) is 16.7 Å². The van der Waals surface area contributed by atoms with Crippen LogP contribution in [-0.2, 0) is 4.74 Å². The molecule has 1 aliphatic carbocycles. The van der Waals surface area contributed by atoms with Gasteiger partial charge in [0, 0.05) is 25.1 Å². The van der Waals surface area contributed by atoms with Crippen molar-refractivity contribution >= 4 is 11.6 Å². The van der Waals surface area contributed by atoms with E-state index in [0.717, 1.165) is 18.5 Å². The number of nitrogens with zero attached hydrogens (tertiary/aromatic N) is 2. The number of hydrogen-bond acceptors (Lipinski definition) is 3. The third kappa shape index (κ3) is 3.85. The Hall–Kier alpha value is -1.88. The van der Waals surface area contributed by atoms with Gasteiger partial charge in [0.25, 0.3) is 5.91 Å². The summed E-state index contributed by atoms with van der Waals surface area (Å²) in [5.41, 5.74) is 1.48. The van der Waals surface area contributed by atoms with Gasteiger partial charge in [0.2, 0.25) is 0 Å². The Labute approximate surface area is 130 Å². The normalized spacial score (nSPS) is 16.5. The van der Waals surface area contributed by atoms with Crippen molar-refractivity contribution in [1.29, 1.82) is 0 Å². The number of imidazole rings is 1. The van der Waals surface area contributed by atoms with Crippen LogP contribution >= 0.6 is 0 Å². The number of carbonyl (C=O) groups is 1. The van der Waals surface area contributed by atoms with Gasteiger partial charge in [0.05, 0.1) is 18.3 Å². The minimum atomic E-state index is -0.0694. The summed E-state index contributed by atoms with van der Waals surface area (Å²) < 4.78 is 7.72. The third-order valence-electron chi connectivity index (χ3n) is 4.19. The lowest BCUT2D eigenvalue weighted by Gasteiger charge is -2.15. The van der Waals surface area contributed by atoms with Crippen molar-refractivity contribution < 1.29 is 9.53 Å². The molecule has 1 saturated carbocycles. The molecule has 0 unspecified atom stereocenters. The Morgan fingerprint density at radius 1 is 1.27 bits per heavy atom. The minimum Gasteiger partial charge on any atom is -0.376 e. The number of pyridine rings is 1. The number of rotatable bonds is 5. The van der Waals surface area contributed by atoms with Gasteiger partial charge >= 0.3 is 0 Å². The van der Waals surface area contributed by atoms with Crippen molar-refractivity contribution in [2.75, 3.05) is 13.2 Å². The molecule has 3 rings (SSSR count). The van der Waals surface area contributed by atoms with Gasteiger partial charge < -0.3 is 14.5 Å². The van der Waals surface area contributed by atoms with Gasteiger partial charge in [-0.25, -0.2) is 4.98 Å². The van der Waals surface area contributed by atoms with Crippen LogP contribution in [0, 0.1) is 0 Å². The van der Waals surface area contributed by atoms with E-state index in [4.69, 9.17) is 4.74 Å². The molecule has 0 aromatic carbocycles. The predicted molar refractivity (Wildman–Crippen MR) is 85.0 cm³/mol. The number of ether oxygens (including phenoxy) is 1. The summed E-state index contributed by atoms with van der Waals surface area (Å²) in [5.74, 6) is -0.0694. The van der Waals surface area contributed by atoms with Crippen molar-refractivity contribution in [2.24, 2.45) is 0 Å². The van der Waals surface area contributed by atoms with Gasteiger partial charge in [-0.05, 0) is 25.0 Å². The number of amides is 1. The number of carbonyl (C=O) groups excluding carboxylic acids is 1. The highest BCUT2D eigenvalue weighted by Gasteiger charge is 2.12. The molecule has 0 bridgehead atoms. The predicted octanol–water partition coefficient (Wildman–Crippen LogP) is 2.80. The Kier molecular flexibility index (Phi) is 5.06. The van der Waals surface area contributed by atoms with Crippen LogP contribution in [0.4, 0.5) is 0 Å². The molecule has 0 spiro atoms. The van der Waals surface area contributed by atoms with E-state index >= 15 is 0 Å². The number of fused-ring (bicyclic) bond motifs is 1. The summed E-state index contributed by atoms with van der Waals surface area (Å²) in [6, 6.07) is 3.64. The van der Waals surface area contributed by atoms with E-state index < -0.39 is 0 Å². The maximum atomic E-state index is 12.1. The van der Waals surface area contributed by atoms with Gasteiger partial charge in [-0.15, -0.1) is 0 Å². The molecule has 5 heteroatoms. The highest BCUT2D eigenvalue weighted by atomic mass is 16.5. The molecule has 1 N–H and O–H groups in total. The first-order valence-electron chi connectivity index (χ1n) is 8.15. The number of aromatic nitrogens is 2. The molecule has 1 fully saturated rings. The van der Waals surface area contributed by atoms with Crippen LogP contribution in [-0.4, -0.2) is 34.5 Å². The SMILES string of the molecule is O=C(NCCOC1CCCCCC1)c1ccc2nccn2c1. The molecule has 2 aromatic heterocycles. The molecule has 0 radical (unpaired) electrons. The van der Waals surface area contributed by atoms with Gasteiger partial charge in [-0.3, -0.25) is 4.79 Å². The van der Waals surface area contributed by atoms with Crippen LogP contribution in [0.1, 0.15) is 48.9 Å². The lowest BCUT2D eigenvalue weighted by molar-refractivity contribution is 0.0442. The molecule has 2 heterocycles. The molecule has 1 amide bonds. The van der Waals surface area contributed by atoms with E-state index in [-0.39, 0.29) is 5.91 Å². The monoisotopic (exact) mass is 301 g/mol. The Bertz CT molecular complexity index is 615. The van der Waals surface area contributed by atoms with Crippen molar-refractivity contribution in [2.45, 2.75) is 44.6 Å². The summed E-state index contributed by atoms with van der Waals surface area (Å²) in [7, 11) is 0. The summed E-state index contributed by atoms with van der Waals surface area (Å²) in [4.78, 5) is 16.3. The lowest BCUT2D eigenvalue weighted by atomic mass is 10.1. The summed E-state index contributed by atoms with van der Waals surface area (Å²) >= 11 is 0. The molecular formula is C17H23N3O2. The van der Waals surface area contributed by atoms with E-state index in [9.17, 15) is 4.79 Å². The zero-order valence-electron chi connectivity index (χ0n) is 12.8. The maximum Gasteiger partial charge on any atom is 0.252 e. The first kappa shape index (κ1) is 15.0. The summed E-state index contributed by atoms with van der Waals surface area (Å²) in [6.07, 6.45) is 13.2. The van der Waals surface area contributed by atoms with Gasteiger partial charge in [-0.1, -0.05) is 25.7 Å². The molecule has 0 aliphatic heterocycles. The van der Waals surface area contributed by atoms with Crippen molar-refractivity contribution in [3.63, 3.8) is 0 Å². The van der Waals surface area contributed by atoms with Crippen LogP contribution < -0.4 is 5.32 Å². The van der Waals surface area contributed by atoms with Gasteiger partial charge in [0.1, 0.15) is 5.65 Å². The van der Waals surface area contributed by atoms with Crippen LogP contribution in [0.3, 0.4) is 0 Å². The van der Waals surface area contributed by atoms with Crippen LogP contribution in [0.15, 0.2) is 30.7 Å². The fraction of sp³-hybridized carbons (Fsp3) is 0.529. The maximum absolute atomic E-state index is 12.1. The van der Waals surface area contributed by atoms with Crippen LogP contribution in [0.5, 0.6) is 0 Å². The highest BCUT2D eigenvalue weighted by Crippen LogP contribution is 2.19. The molecular weight excluding hydrogens is 278 g/mol. The lowest BCUT2D eigenvalue weighted by Crippen LogP contribution is -2.29. The Morgan fingerprint density at radius 3 is 2.91 bits per heavy atom. The fourth-order valence-electron chi connectivity index (χ4n) is 2.96. The molecule has 0 atom stereocenters. The van der Waals surface area contributed by atoms with E-state index in [1.54, 1.807) is 18.5 Å². The molecule has 118 valence electrons. The second kappa shape index (κ2) is 7.40. The standard InChI is InChI=1S/C17H23N3O2/c21-17(14-7-8-16-18-9-11-20(16)13-14)19-10-12-22-15-5-3-1-2-4-6-15/h7-9,11,13,15H,1-6,10,12H2,(H,19,21). The van der Waals surface area contributed by atoms with Crippen LogP contribution in [0.25, 0.3) is 5.65 Å². The molecule has 5 nitrogen and oxygen atoms in total. The third-order valence-corrected chi connectivity index (χ3v) is 4.19. The second-order valence-corrected chi connectivity index (χ2v) is 5.85. The average Bonchev–Trinajstić information content (AvgIpc) is 2.85. The molecule has 1 aliphatic rings. The molecule has 0 saturated heterocycles. The quantitative estimate of drug-likeness (QED) is 0.682. The van der Waals surface area contributed by atoms with E-state index in [1.165, 1.54) is 25.7 Å². The smallest absolute Gasteiger partial charge is 0.252 e. The highest BCUT2D eigenvalue weighted by molar-refractivity contribution is 5.94. The Morgan fingerprint density at radius 2 is 2.09 bits per heavy atom. The minimum absolute atomic E-state index is 0.0694. The van der Waals surface area contributed by atoms with Gasteiger partial charge in [-0.2, -0.15) is 0 Å². The fourth-order valence-corrected chi connectivity index (χ4v) is 2.96. The van der Waals surface area contributed by atoms with Crippen molar-refractivity contribution in [1.82, 2.24) is 14.7 Å². The van der Waals surface area contributed by atoms with E-state index in [0.29, 0.717) is 24.8 Å². The molecule has 22 heavy (non-hydrogen) atoms. The summed E-state index contributed by atoms with van der Waals surface area (Å²) in [5, 5.41) is 2.91. The largest absolute Gasteiger partial charge is 0.376 e. The average molecular weight is 301 g/mol. The van der Waals surface area contributed by atoms with Gasteiger partial charge in [0.15, 0.2) is 0 Å². The summed E-state index contributed by atoms with van der Waals surface area (Å²) in [6.45, 7) is 1.14. The van der Waals surface area contributed by atoms with E-state index in [2.05, 4.69) is 10.3 Å². The molecule has 2 aromatic rings. The zero-order valence-corrected chi connectivity index (χ0v) is 12.8. The van der Waals surface area contributed by atoms with Crippen molar-refractivity contribution in [3.8, 4) is 0 Å². The number of hydrogen-bond donors (Lipinski definition) is 1. The topological polar surface area (TPSA) is 55.6 Å². The first-order chi connectivity index (χ1) is 10.8. The van der Waals surface area contributed by atoms with Crippen molar-refractivity contribution in [3.05, 3.63) is 36.3 Å².